The van der Waals surface area contributed by atoms with Gasteiger partial charge in [0.1, 0.15) is 0 Å². The molecule has 0 aliphatic carbocycles. The number of aliphatic hydroxyl groups is 1. The van der Waals surface area contributed by atoms with Gasteiger partial charge in [-0.1, -0.05) is 43.6 Å². The molecule has 90 valence electrons. The van der Waals surface area contributed by atoms with Gasteiger partial charge in [0.05, 0.1) is 12.1 Å². The molecule has 0 unspecified atom stereocenters. The number of hydrogen-bond donors (Lipinski definition) is 2. The van der Waals surface area contributed by atoms with E-state index in [1.54, 1.807) is 6.07 Å². The van der Waals surface area contributed by atoms with E-state index in [-0.39, 0.29) is 0 Å². The van der Waals surface area contributed by atoms with Crippen LogP contribution in [-0.2, 0) is 0 Å². The summed E-state index contributed by atoms with van der Waals surface area (Å²) in [6.07, 6.45) is 1.16. The van der Waals surface area contributed by atoms with Gasteiger partial charge in [-0.25, -0.2) is 0 Å². The molecule has 0 spiro atoms. The molecular weight excluding hydrogens is 222 g/mol. The lowest BCUT2D eigenvalue weighted by Crippen LogP contribution is -2.26. The Hall–Kier alpha value is -0.570. The molecule has 3 N–H and O–H groups in total. The molecule has 3 heteroatoms. The van der Waals surface area contributed by atoms with E-state index in [2.05, 4.69) is 13.8 Å². The lowest BCUT2D eigenvalue weighted by Gasteiger charge is -2.20. The molecule has 1 aromatic carbocycles. The maximum atomic E-state index is 9.96. The van der Waals surface area contributed by atoms with Crippen LogP contribution in [0.1, 0.15) is 38.3 Å². The van der Waals surface area contributed by atoms with Gasteiger partial charge in [-0.05, 0) is 30.4 Å². The van der Waals surface area contributed by atoms with Crippen LogP contribution in [0.25, 0.3) is 0 Å². The minimum atomic E-state index is -0.526. The van der Waals surface area contributed by atoms with Crippen molar-refractivity contribution >= 4 is 11.6 Å². The largest absolute Gasteiger partial charge is 0.391 e. The van der Waals surface area contributed by atoms with Crippen LogP contribution >= 0.6 is 11.6 Å². The molecule has 1 rings (SSSR count). The molecule has 0 aliphatic heterocycles. The summed E-state index contributed by atoms with van der Waals surface area (Å²) in [5.41, 5.74) is 6.81. The smallest absolute Gasteiger partial charge is 0.0733 e. The summed E-state index contributed by atoms with van der Waals surface area (Å²) >= 11 is 6.03. The Morgan fingerprint density at radius 1 is 1.25 bits per heavy atom. The van der Waals surface area contributed by atoms with Crippen molar-refractivity contribution < 1.29 is 5.11 Å². The quantitative estimate of drug-likeness (QED) is 0.832. The highest BCUT2D eigenvalue weighted by Crippen LogP contribution is 2.25. The van der Waals surface area contributed by atoms with Crippen LogP contribution in [0.2, 0.25) is 5.02 Å². The van der Waals surface area contributed by atoms with Crippen molar-refractivity contribution in [2.75, 3.05) is 0 Å². The van der Waals surface area contributed by atoms with E-state index < -0.39 is 12.1 Å². The fraction of sp³-hybridized carbons (Fsp3) is 0.538. The average molecular weight is 242 g/mol. The van der Waals surface area contributed by atoms with E-state index >= 15 is 0 Å². The normalized spacial score (nSPS) is 15.1. The summed E-state index contributed by atoms with van der Waals surface area (Å²) in [5, 5.41) is 10.6. The number of nitrogens with two attached hydrogens (primary N) is 1. The zero-order valence-electron chi connectivity index (χ0n) is 9.86. The van der Waals surface area contributed by atoms with Crippen molar-refractivity contribution in [1.29, 1.82) is 0 Å². The minimum Gasteiger partial charge on any atom is -0.391 e. The Labute approximate surface area is 102 Å². The summed E-state index contributed by atoms with van der Waals surface area (Å²) in [7, 11) is 0. The Bertz CT molecular complexity index is 327. The standard InChI is InChI=1S/C13H20ClNO/c1-9(2)7-8-12(16)13(15)10-5-3-4-6-11(10)14/h3-6,9,12-13,16H,7-8,15H2,1-2H3/t12-,13+/m1/s1. The highest BCUT2D eigenvalue weighted by atomic mass is 35.5. The second-order valence-electron chi connectivity index (χ2n) is 4.59. The van der Waals surface area contributed by atoms with Crippen molar-refractivity contribution in [3.05, 3.63) is 34.9 Å². The lowest BCUT2D eigenvalue weighted by atomic mass is 9.96. The number of halogens is 1. The molecule has 0 aliphatic rings. The molecule has 0 fully saturated rings. The van der Waals surface area contributed by atoms with Gasteiger partial charge in [0.15, 0.2) is 0 Å². The molecule has 0 saturated heterocycles. The predicted molar refractivity (Wildman–Crippen MR) is 68.5 cm³/mol. The van der Waals surface area contributed by atoms with Gasteiger partial charge in [-0.2, -0.15) is 0 Å². The monoisotopic (exact) mass is 241 g/mol. The SMILES string of the molecule is CC(C)CC[C@@H](O)[C@@H](N)c1ccccc1Cl. The Balaban J connectivity index is 2.63. The number of hydrogen-bond acceptors (Lipinski definition) is 2. The average Bonchev–Trinajstić information content (AvgIpc) is 2.25. The summed E-state index contributed by atoms with van der Waals surface area (Å²) in [6, 6.07) is 7.01. The number of rotatable bonds is 5. The van der Waals surface area contributed by atoms with E-state index in [0.29, 0.717) is 17.4 Å². The highest BCUT2D eigenvalue weighted by molar-refractivity contribution is 6.31. The Kier molecular flexibility index (Phi) is 5.26. The first-order chi connectivity index (χ1) is 7.52. The fourth-order valence-electron chi connectivity index (χ4n) is 1.64. The second-order valence-corrected chi connectivity index (χ2v) is 4.99. The minimum absolute atomic E-state index is 0.396. The molecule has 0 amide bonds. The van der Waals surface area contributed by atoms with Crippen LogP contribution in [0.5, 0.6) is 0 Å². The zero-order valence-corrected chi connectivity index (χ0v) is 10.6. The van der Waals surface area contributed by atoms with Gasteiger partial charge in [0.25, 0.3) is 0 Å². The van der Waals surface area contributed by atoms with Gasteiger partial charge >= 0.3 is 0 Å². The van der Waals surface area contributed by atoms with Crippen molar-refractivity contribution in [1.82, 2.24) is 0 Å². The highest BCUT2D eigenvalue weighted by Gasteiger charge is 2.18. The van der Waals surface area contributed by atoms with E-state index in [4.69, 9.17) is 17.3 Å². The van der Waals surface area contributed by atoms with E-state index in [1.807, 2.05) is 18.2 Å². The number of aliphatic hydroxyl groups excluding tert-OH is 1. The zero-order chi connectivity index (χ0) is 12.1. The van der Waals surface area contributed by atoms with Crippen molar-refractivity contribution in [2.24, 2.45) is 11.7 Å². The second kappa shape index (κ2) is 6.24. The van der Waals surface area contributed by atoms with Crippen LogP contribution in [0.15, 0.2) is 24.3 Å². The van der Waals surface area contributed by atoms with Gasteiger partial charge in [-0.15, -0.1) is 0 Å². The molecule has 0 saturated carbocycles. The Morgan fingerprint density at radius 3 is 2.44 bits per heavy atom. The molecule has 1 aromatic rings. The molecule has 0 bridgehead atoms. The van der Waals surface area contributed by atoms with Gasteiger partial charge in [0, 0.05) is 5.02 Å². The summed E-state index contributed by atoms with van der Waals surface area (Å²) < 4.78 is 0. The summed E-state index contributed by atoms with van der Waals surface area (Å²) in [6.45, 7) is 4.27. The van der Waals surface area contributed by atoms with Crippen molar-refractivity contribution in [3.63, 3.8) is 0 Å². The molecule has 0 radical (unpaired) electrons. The van der Waals surface area contributed by atoms with Crippen molar-refractivity contribution in [2.45, 2.75) is 38.8 Å². The molecule has 2 atom stereocenters. The van der Waals surface area contributed by atoms with Crippen LogP contribution in [0.4, 0.5) is 0 Å². The van der Waals surface area contributed by atoms with Crippen LogP contribution < -0.4 is 5.73 Å². The van der Waals surface area contributed by atoms with Crippen LogP contribution in [-0.4, -0.2) is 11.2 Å². The van der Waals surface area contributed by atoms with Crippen LogP contribution in [0, 0.1) is 5.92 Å². The maximum Gasteiger partial charge on any atom is 0.0733 e. The summed E-state index contributed by atoms with van der Waals surface area (Å²) in [4.78, 5) is 0. The maximum absolute atomic E-state index is 9.96. The number of benzene rings is 1. The third-order valence-electron chi connectivity index (χ3n) is 2.72. The molecular formula is C13H20ClNO. The van der Waals surface area contributed by atoms with Crippen LogP contribution in [0.3, 0.4) is 0 Å². The molecule has 16 heavy (non-hydrogen) atoms. The van der Waals surface area contributed by atoms with Gasteiger partial charge < -0.3 is 10.8 Å². The van der Waals surface area contributed by atoms with E-state index in [9.17, 15) is 5.11 Å². The predicted octanol–water partition coefficient (Wildman–Crippen LogP) is 3.14. The Morgan fingerprint density at radius 2 is 1.88 bits per heavy atom. The lowest BCUT2D eigenvalue weighted by molar-refractivity contribution is 0.128. The van der Waals surface area contributed by atoms with Crippen molar-refractivity contribution in [3.8, 4) is 0 Å². The third kappa shape index (κ3) is 3.78. The molecule has 0 aromatic heterocycles. The fourth-order valence-corrected chi connectivity index (χ4v) is 1.90. The first-order valence-corrected chi connectivity index (χ1v) is 6.08. The first kappa shape index (κ1) is 13.5. The molecule has 0 heterocycles. The third-order valence-corrected chi connectivity index (χ3v) is 3.06. The van der Waals surface area contributed by atoms with E-state index in [1.165, 1.54) is 0 Å². The summed E-state index contributed by atoms with van der Waals surface area (Å²) in [5.74, 6) is 0.577. The first-order valence-electron chi connectivity index (χ1n) is 5.70. The van der Waals surface area contributed by atoms with Gasteiger partial charge in [-0.3, -0.25) is 0 Å². The van der Waals surface area contributed by atoms with Gasteiger partial charge in [0.2, 0.25) is 0 Å². The molecule has 2 nitrogen and oxygen atoms in total. The topological polar surface area (TPSA) is 46.2 Å². The van der Waals surface area contributed by atoms with E-state index in [0.717, 1.165) is 12.0 Å².